The lowest BCUT2D eigenvalue weighted by Crippen LogP contribution is -2.19. The van der Waals surface area contributed by atoms with Gasteiger partial charge in [-0.2, -0.15) is 0 Å². The molecule has 0 aliphatic rings. The molecule has 0 radical (unpaired) electrons. The van der Waals surface area contributed by atoms with Crippen LogP contribution < -0.4 is 10.1 Å². The first-order valence-corrected chi connectivity index (χ1v) is 4.56. The molecule has 4 nitrogen and oxygen atoms in total. The monoisotopic (exact) mass is 222 g/mol. The fourth-order valence-electron chi connectivity index (χ4n) is 0.987. The zero-order chi connectivity index (χ0) is 12.0. The van der Waals surface area contributed by atoms with Crippen molar-refractivity contribution in [3.63, 3.8) is 0 Å². The Morgan fingerprint density at radius 1 is 1.69 bits per heavy atom. The second kappa shape index (κ2) is 5.71. The summed E-state index contributed by atoms with van der Waals surface area (Å²) in [5.41, 5.74) is 0.354. The molecule has 0 unspecified atom stereocenters. The van der Waals surface area contributed by atoms with E-state index in [2.05, 4.69) is 22.1 Å². The minimum atomic E-state index is -0.482. The zero-order valence-electron chi connectivity index (χ0n) is 9.00. The molecule has 0 fully saturated rings. The van der Waals surface area contributed by atoms with E-state index in [-0.39, 0.29) is 18.3 Å². The predicted octanol–water partition coefficient (Wildman–Crippen LogP) is 0.717. The minimum absolute atomic E-state index is 0.168. The molecular weight excluding hydrogens is 211 g/mol. The first-order chi connectivity index (χ1) is 7.63. The van der Waals surface area contributed by atoms with Crippen molar-refractivity contribution in [2.45, 2.75) is 6.92 Å². The number of aromatic nitrogens is 1. The normalized spacial score (nSPS) is 8.94. The number of methoxy groups -OCH3 is 1. The van der Waals surface area contributed by atoms with E-state index >= 15 is 0 Å². The summed E-state index contributed by atoms with van der Waals surface area (Å²) in [5, 5.41) is 2.50. The van der Waals surface area contributed by atoms with Crippen molar-refractivity contribution in [1.82, 2.24) is 10.3 Å². The van der Waals surface area contributed by atoms with Gasteiger partial charge in [0.05, 0.1) is 25.4 Å². The Morgan fingerprint density at radius 3 is 3.06 bits per heavy atom. The molecule has 0 atom stereocenters. The van der Waals surface area contributed by atoms with Gasteiger partial charge in [-0.3, -0.25) is 4.79 Å². The number of hydrogen-bond donors (Lipinski definition) is 1. The molecule has 5 heteroatoms. The Kier molecular flexibility index (Phi) is 4.28. The van der Waals surface area contributed by atoms with Crippen LogP contribution in [0.3, 0.4) is 0 Å². The van der Waals surface area contributed by atoms with Crippen molar-refractivity contribution in [2.24, 2.45) is 0 Å². The van der Waals surface area contributed by atoms with E-state index in [0.717, 1.165) is 6.20 Å². The van der Waals surface area contributed by atoms with Crippen molar-refractivity contribution < 1.29 is 13.9 Å². The van der Waals surface area contributed by atoms with Crippen molar-refractivity contribution in [1.29, 1.82) is 0 Å². The van der Waals surface area contributed by atoms with Crippen LogP contribution in [0.2, 0.25) is 0 Å². The van der Waals surface area contributed by atoms with Crippen LogP contribution in [0.4, 0.5) is 4.39 Å². The summed E-state index contributed by atoms with van der Waals surface area (Å²) < 4.78 is 17.8. The standard InChI is InChI=1S/C11H11FN2O2/c1-8(15)13-5-3-4-9-6-10(12)7-14-11(9)16-2/h6-7H,5H2,1-2H3,(H,13,15). The number of pyridine rings is 1. The summed E-state index contributed by atoms with van der Waals surface area (Å²) >= 11 is 0. The molecule has 0 aliphatic heterocycles. The first-order valence-electron chi connectivity index (χ1n) is 4.56. The van der Waals surface area contributed by atoms with E-state index in [4.69, 9.17) is 4.74 Å². The van der Waals surface area contributed by atoms with E-state index in [1.54, 1.807) is 0 Å². The van der Waals surface area contributed by atoms with Gasteiger partial charge in [0.15, 0.2) is 0 Å². The van der Waals surface area contributed by atoms with Crippen LogP contribution in [-0.2, 0) is 4.79 Å². The number of carbonyl (C=O) groups excluding carboxylic acids is 1. The maximum absolute atomic E-state index is 12.9. The third-order valence-electron chi connectivity index (χ3n) is 1.66. The SMILES string of the molecule is COc1ncc(F)cc1C#CCNC(C)=O. The van der Waals surface area contributed by atoms with E-state index < -0.39 is 5.82 Å². The third kappa shape index (κ3) is 3.58. The molecule has 1 aromatic rings. The highest BCUT2D eigenvalue weighted by atomic mass is 19.1. The number of rotatable bonds is 2. The largest absolute Gasteiger partial charge is 0.480 e. The highest BCUT2D eigenvalue weighted by Gasteiger charge is 2.02. The highest BCUT2D eigenvalue weighted by molar-refractivity contribution is 5.73. The fourth-order valence-corrected chi connectivity index (χ4v) is 0.987. The van der Waals surface area contributed by atoms with Gasteiger partial charge < -0.3 is 10.1 Å². The molecule has 1 amide bonds. The second-order valence-electron chi connectivity index (χ2n) is 2.92. The predicted molar refractivity (Wildman–Crippen MR) is 56.3 cm³/mol. The fraction of sp³-hybridized carbons (Fsp3) is 0.273. The summed E-state index contributed by atoms with van der Waals surface area (Å²) in [6.07, 6.45) is 1.05. The third-order valence-corrected chi connectivity index (χ3v) is 1.66. The minimum Gasteiger partial charge on any atom is -0.480 e. The summed E-state index contributed by atoms with van der Waals surface area (Å²) in [5.74, 6) is 4.95. The van der Waals surface area contributed by atoms with Crippen molar-refractivity contribution in [3.05, 3.63) is 23.6 Å². The van der Waals surface area contributed by atoms with Gasteiger partial charge in [-0.1, -0.05) is 11.8 Å². The van der Waals surface area contributed by atoms with E-state index in [1.807, 2.05) is 0 Å². The highest BCUT2D eigenvalue weighted by Crippen LogP contribution is 2.13. The lowest BCUT2D eigenvalue weighted by atomic mass is 10.2. The van der Waals surface area contributed by atoms with Gasteiger partial charge in [0.2, 0.25) is 11.8 Å². The quantitative estimate of drug-likeness (QED) is 0.750. The Hall–Kier alpha value is -2.09. The van der Waals surface area contributed by atoms with Gasteiger partial charge in [-0.25, -0.2) is 9.37 Å². The number of hydrogen-bond acceptors (Lipinski definition) is 3. The van der Waals surface area contributed by atoms with Crippen LogP contribution in [0, 0.1) is 17.7 Å². The smallest absolute Gasteiger partial charge is 0.229 e. The van der Waals surface area contributed by atoms with Crippen LogP contribution in [0.5, 0.6) is 5.88 Å². The first kappa shape index (κ1) is 12.0. The van der Waals surface area contributed by atoms with Crippen LogP contribution in [0.15, 0.2) is 12.3 Å². The molecule has 0 aliphatic carbocycles. The summed E-state index contributed by atoms with van der Waals surface area (Å²) in [4.78, 5) is 14.3. The Labute approximate surface area is 92.8 Å². The second-order valence-corrected chi connectivity index (χ2v) is 2.92. The number of amides is 1. The molecule has 0 saturated carbocycles. The molecule has 84 valence electrons. The molecule has 1 rings (SSSR count). The summed E-state index contributed by atoms with van der Waals surface area (Å²) in [7, 11) is 1.43. The van der Waals surface area contributed by atoms with Crippen molar-refractivity contribution in [3.8, 4) is 17.7 Å². The summed E-state index contributed by atoms with van der Waals surface area (Å²) in [6, 6.07) is 1.23. The van der Waals surface area contributed by atoms with Gasteiger partial charge >= 0.3 is 0 Å². The van der Waals surface area contributed by atoms with Crippen LogP contribution in [-0.4, -0.2) is 24.5 Å². The number of halogens is 1. The lowest BCUT2D eigenvalue weighted by molar-refractivity contribution is -0.118. The molecule has 0 saturated heterocycles. The average molecular weight is 222 g/mol. The van der Waals surface area contributed by atoms with Crippen LogP contribution in [0.1, 0.15) is 12.5 Å². The Morgan fingerprint density at radius 2 is 2.44 bits per heavy atom. The number of nitrogens with zero attached hydrogens (tertiary/aromatic N) is 1. The number of nitrogens with one attached hydrogen (secondary N) is 1. The van der Waals surface area contributed by atoms with Gasteiger partial charge in [-0.15, -0.1) is 0 Å². The molecule has 0 aromatic carbocycles. The van der Waals surface area contributed by atoms with Crippen molar-refractivity contribution in [2.75, 3.05) is 13.7 Å². The van der Waals surface area contributed by atoms with E-state index in [0.29, 0.717) is 5.56 Å². The molecule has 0 spiro atoms. The molecule has 16 heavy (non-hydrogen) atoms. The Bertz CT molecular complexity index is 449. The van der Waals surface area contributed by atoms with Crippen LogP contribution >= 0.6 is 0 Å². The van der Waals surface area contributed by atoms with Crippen molar-refractivity contribution >= 4 is 5.91 Å². The topological polar surface area (TPSA) is 51.2 Å². The van der Waals surface area contributed by atoms with E-state index in [1.165, 1.54) is 20.1 Å². The lowest BCUT2D eigenvalue weighted by Gasteiger charge is -2.00. The molecular formula is C11H11FN2O2. The van der Waals surface area contributed by atoms with Gasteiger partial charge in [0.25, 0.3) is 0 Å². The maximum Gasteiger partial charge on any atom is 0.229 e. The average Bonchev–Trinajstić information content (AvgIpc) is 2.24. The molecule has 1 aromatic heterocycles. The number of carbonyl (C=O) groups is 1. The summed E-state index contributed by atoms with van der Waals surface area (Å²) in [6.45, 7) is 1.60. The number of ether oxygens (including phenoxy) is 1. The van der Waals surface area contributed by atoms with Crippen LogP contribution in [0.25, 0.3) is 0 Å². The molecule has 1 N–H and O–H groups in total. The molecule has 0 bridgehead atoms. The zero-order valence-corrected chi connectivity index (χ0v) is 9.00. The van der Waals surface area contributed by atoms with Gasteiger partial charge in [0.1, 0.15) is 5.82 Å². The van der Waals surface area contributed by atoms with Gasteiger partial charge in [0, 0.05) is 6.92 Å². The van der Waals surface area contributed by atoms with E-state index in [9.17, 15) is 9.18 Å². The van der Waals surface area contributed by atoms with Gasteiger partial charge in [-0.05, 0) is 6.07 Å². The Balaban J connectivity index is 2.78. The maximum atomic E-state index is 12.9. The molecule has 1 heterocycles.